The van der Waals surface area contributed by atoms with Crippen molar-refractivity contribution in [2.24, 2.45) is 0 Å². The van der Waals surface area contributed by atoms with E-state index in [1.54, 1.807) is 12.1 Å². The molecule has 0 fully saturated rings. The van der Waals surface area contributed by atoms with Crippen molar-refractivity contribution in [1.82, 2.24) is 14.9 Å². The van der Waals surface area contributed by atoms with Crippen LogP contribution in [-0.2, 0) is 4.79 Å². The third-order valence-corrected chi connectivity index (χ3v) is 5.00. The molecular weight excluding hydrogens is 388 g/mol. The van der Waals surface area contributed by atoms with E-state index in [1.165, 1.54) is 0 Å². The van der Waals surface area contributed by atoms with Crippen LogP contribution in [0.5, 0.6) is 0 Å². The molecule has 1 aromatic heterocycles. The molecule has 3 aromatic rings. The fraction of sp³-hybridized carbons (Fsp3) is 0.318. The topological polar surface area (TPSA) is 76.0 Å². The van der Waals surface area contributed by atoms with E-state index in [1.807, 2.05) is 56.5 Å². The largest absolute Gasteiger partial charge is 0.352 e. The van der Waals surface area contributed by atoms with Gasteiger partial charge in [0.2, 0.25) is 11.2 Å². The highest BCUT2D eigenvalue weighted by Crippen LogP contribution is 2.25. The first kappa shape index (κ1) is 20.9. The quantitative estimate of drug-likeness (QED) is 0.618. The molecule has 0 unspecified atom stereocenters. The second-order valence-corrected chi connectivity index (χ2v) is 7.76. The van der Waals surface area contributed by atoms with Gasteiger partial charge in [-0.3, -0.25) is 9.59 Å². The molecule has 0 aliphatic rings. The Labute approximate surface area is 175 Å². The van der Waals surface area contributed by atoms with Gasteiger partial charge in [0.05, 0.1) is 11.0 Å². The van der Waals surface area contributed by atoms with E-state index in [0.29, 0.717) is 16.4 Å². The predicted octanol–water partition coefficient (Wildman–Crippen LogP) is 4.65. The minimum absolute atomic E-state index is 0.142. The average molecular weight is 413 g/mol. The first-order valence-corrected chi connectivity index (χ1v) is 9.97. The summed E-state index contributed by atoms with van der Waals surface area (Å²) >= 11 is 6.21. The lowest BCUT2D eigenvalue weighted by atomic mass is 10.1. The van der Waals surface area contributed by atoms with E-state index in [2.05, 4.69) is 15.6 Å². The van der Waals surface area contributed by atoms with E-state index in [4.69, 9.17) is 11.6 Å². The van der Waals surface area contributed by atoms with Crippen LogP contribution in [-0.4, -0.2) is 27.9 Å². The Morgan fingerprint density at radius 2 is 1.90 bits per heavy atom. The minimum atomic E-state index is -0.248. The van der Waals surface area contributed by atoms with Gasteiger partial charge in [-0.1, -0.05) is 12.1 Å². The first-order valence-electron chi connectivity index (χ1n) is 9.59. The molecule has 0 aliphatic carbocycles. The van der Waals surface area contributed by atoms with Crippen molar-refractivity contribution in [3.63, 3.8) is 0 Å². The zero-order valence-corrected chi connectivity index (χ0v) is 17.8. The van der Waals surface area contributed by atoms with Gasteiger partial charge >= 0.3 is 0 Å². The number of carbonyl (C=O) groups is 2. The molecule has 152 valence electrons. The smallest absolute Gasteiger partial charge is 0.251 e. The number of nitrogens with zero attached hydrogens (tertiary/aromatic N) is 2. The fourth-order valence-corrected chi connectivity index (χ4v) is 3.55. The fourth-order valence-electron chi connectivity index (χ4n) is 3.18. The van der Waals surface area contributed by atoms with Crippen molar-refractivity contribution in [3.8, 4) is 0 Å². The van der Waals surface area contributed by atoms with E-state index in [0.717, 1.165) is 22.3 Å². The number of fused-ring (bicyclic) bond motifs is 1. The molecule has 0 atom stereocenters. The third kappa shape index (κ3) is 4.77. The van der Waals surface area contributed by atoms with Gasteiger partial charge in [0.15, 0.2) is 0 Å². The molecule has 2 amide bonds. The number of aryl methyl sites for hydroxylation is 2. The van der Waals surface area contributed by atoms with E-state index in [-0.39, 0.29) is 30.8 Å². The normalized spacial score (nSPS) is 11.1. The van der Waals surface area contributed by atoms with Gasteiger partial charge in [-0.2, -0.15) is 0 Å². The number of hydrogen-bond donors (Lipinski definition) is 2. The molecule has 1 heterocycles. The summed E-state index contributed by atoms with van der Waals surface area (Å²) in [6.07, 6.45) is 0.190. The number of carbonyl (C=O) groups excluding carboxylic acids is 2. The van der Waals surface area contributed by atoms with Gasteiger partial charge in [0.1, 0.15) is 0 Å². The van der Waals surface area contributed by atoms with Crippen LogP contribution in [0.15, 0.2) is 36.4 Å². The summed E-state index contributed by atoms with van der Waals surface area (Å²) in [5.74, 6) is -0.390. The summed E-state index contributed by atoms with van der Waals surface area (Å²) in [4.78, 5) is 29.0. The second-order valence-electron chi connectivity index (χ2n) is 7.42. The molecule has 0 saturated carbocycles. The lowest BCUT2D eigenvalue weighted by Gasteiger charge is -2.10. The maximum absolute atomic E-state index is 12.4. The molecule has 0 radical (unpaired) electrons. The Morgan fingerprint density at radius 1 is 1.14 bits per heavy atom. The number of halogens is 1. The predicted molar refractivity (Wildman–Crippen MR) is 117 cm³/mol. The van der Waals surface area contributed by atoms with Gasteiger partial charge in [-0.25, -0.2) is 4.98 Å². The Hall–Kier alpha value is -2.86. The number of imidazole rings is 1. The van der Waals surface area contributed by atoms with Crippen LogP contribution in [0.4, 0.5) is 5.69 Å². The lowest BCUT2D eigenvalue weighted by Crippen LogP contribution is -2.27. The minimum Gasteiger partial charge on any atom is -0.352 e. The highest BCUT2D eigenvalue weighted by atomic mass is 35.5. The van der Waals surface area contributed by atoms with Crippen LogP contribution in [0.25, 0.3) is 11.0 Å². The summed E-state index contributed by atoms with van der Waals surface area (Å²) in [6.45, 7) is 8.21. The lowest BCUT2D eigenvalue weighted by molar-refractivity contribution is -0.116. The molecule has 0 aliphatic heterocycles. The van der Waals surface area contributed by atoms with Crippen molar-refractivity contribution < 1.29 is 9.59 Å². The molecule has 2 N–H and O–H groups in total. The number of aromatic nitrogens is 2. The third-order valence-electron chi connectivity index (χ3n) is 4.73. The van der Waals surface area contributed by atoms with Crippen LogP contribution in [0.1, 0.15) is 47.8 Å². The van der Waals surface area contributed by atoms with E-state index < -0.39 is 0 Å². The molecule has 3 rings (SSSR count). The molecule has 6 nitrogen and oxygen atoms in total. The zero-order chi connectivity index (χ0) is 21.1. The highest BCUT2D eigenvalue weighted by molar-refractivity contribution is 6.29. The number of nitrogens with one attached hydrogen (secondary N) is 2. The van der Waals surface area contributed by atoms with E-state index in [9.17, 15) is 9.59 Å². The maximum atomic E-state index is 12.4. The average Bonchev–Trinajstić information content (AvgIpc) is 2.99. The van der Waals surface area contributed by atoms with Crippen LogP contribution in [0, 0.1) is 13.8 Å². The monoisotopic (exact) mass is 412 g/mol. The van der Waals surface area contributed by atoms with Crippen molar-refractivity contribution in [3.05, 3.63) is 58.4 Å². The molecule has 0 spiro atoms. The first-order chi connectivity index (χ1) is 13.8. The molecule has 29 heavy (non-hydrogen) atoms. The van der Waals surface area contributed by atoms with Gasteiger partial charge in [-0.15, -0.1) is 0 Å². The summed E-state index contributed by atoms with van der Waals surface area (Å²) in [5, 5.41) is 6.07. The standard InChI is InChI=1S/C22H25ClN4O2/c1-13(2)27-19-8-7-16(12-18(19)26-22(27)23)21(29)24-10-9-20(28)25-17-11-14(3)5-6-15(17)4/h5-8,11-13H,9-10H2,1-4H3,(H,24,29)(H,25,28). The number of benzene rings is 2. The van der Waals surface area contributed by atoms with Gasteiger partial charge < -0.3 is 15.2 Å². The Balaban J connectivity index is 1.59. The summed E-state index contributed by atoms with van der Waals surface area (Å²) in [7, 11) is 0. The van der Waals surface area contributed by atoms with Crippen LogP contribution < -0.4 is 10.6 Å². The molecule has 2 aromatic carbocycles. The SMILES string of the molecule is Cc1ccc(C)c(NC(=O)CCNC(=O)c2ccc3c(c2)nc(Cl)n3C(C)C)c1. The van der Waals surface area contributed by atoms with Crippen LogP contribution in [0.2, 0.25) is 5.28 Å². The molecule has 0 saturated heterocycles. The second kappa shape index (κ2) is 8.66. The van der Waals surface area contributed by atoms with Crippen molar-refractivity contribution in [1.29, 1.82) is 0 Å². The summed E-state index contributed by atoms with van der Waals surface area (Å²) in [6, 6.07) is 11.4. The summed E-state index contributed by atoms with van der Waals surface area (Å²) < 4.78 is 1.91. The maximum Gasteiger partial charge on any atom is 0.251 e. The number of amides is 2. The molecular formula is C22H25ClN4O2. The van der Waals surface area contributed by atoms with E-state index >= 15 is 0 Å². The van der Waals surface area contributed by atoms with Crippen molar-refractivity contribution >= 4 is 40.1 Å². The van der Waals surface area contributed by atoms with Crippen molar-refractivity contribution in [2.75, 3.05) is 11.9 Å². The number of rotatable bonds is 6. The number of hydrogen-bond acceptors (Lipinski definition) is 3. The Bertz CT molecular complexity index is 1070. The van der Waals surface area contributed by atoms with Gasteiger partial charge in [0.25, 0.3) is 5.91 Å². The van der Waals surface area contributed by atoms with Crippen molar-refractivity contribution in [2.45, 2.75) is 40.2 Å². The summed E-state index contributed by atoms with van der Waals surface area (Å²) in [5.41, 5.74) is 4.91. The number of anilines is 1. The van der Waals surface area contributed by atoms with Crippen LogP contribution >= 0.6 is 11.6 Å². The highest BCUT2D eigenvalue weighted by Gasteiger charge is 2.14. The molecule has 7 heteroatoms. The van der Waals surface area contributed by atoms with Gasteiger partial charge in [-0.05, 0) is 74.7 Å². The van der Waals surface area contributed by atoms with Crippen LogP contribution in [0.3, 0.4) is 0 Å². The Kier molecular flexibility index (Phi) is 6.23. The van der Waals surface area contributed by atoms with Gasteiger partial charge in [0, 0.05) is 30.3 Å². The zero-order valence-electron chi connectivity index (χ0n) is 17.0. The molecule has 0 bridgehead atoms. The Morgan fingerprint density at radius 3 is 2.62 bits per heavy atom.